The van der Waals surface area contributed by atoms with E-state index in [1.54, 1.807) is 0 Å². The van der Waals surface area contributed by atoms with Gasteiger partial charge in [0, 0.05) is 40.3 Å². The highest BCUT2D eigenvalue weighted by Gasteiger charge is 2.15. The summed E-state index contributed by atoms with van der Waals surface area (Å²) in [6.45, 7) is 0. The van der Waals surface area contributed by atoms with Crippen LogP contribution in [0.3, 0.4) is 0 Å². The highest BCUT2D eigenvalue weighted by Crippen LogP contribution is 2.44. The lowest BCUT2D eigenvalue weighted by Gasteiger charge is -2.14. The third-order valence-electron chi connectivity index (χ3n) is 10.9. The van der Waals surface area contributed by atoms with Crippen molar-refractivity contribution in [1.82, 2.24) is 0 Å². The van der Waals surface area contributed by atoms with Crippen LogP contribution in [-0.4, -0.2) is 0 Å². The Labute approximate surface area is 295 Å². The third kappa shape index (κ3) is 3.75. The topological polar surface area (TPSA) is 0 Å². The minimum absolute atomic E-state index is 1.27. The molecule has 0 saturated heterocycles. The minimum Gasteiger partial charge on any atom is -0.135 e. The van der Waals surface area contributed by atoms with Crippen LogP contribution in [0, 0.1) is 0 Å². The van der Waals surface area contributed by atoms with Crippen LogP contribution in [0.5, 0.6) is 0 Å². The summed E-state index contributed by atoms with van der Waals surface area (Å²) >= 11 is 3.83. The van der Waals surface area contributed by atoms with Gasteiger partial charge in [0.1, 0.15) is 0 Å². The fraction of sp³-hybridized carbons (Fsp3) is 0. The summed E-state index contributed by atoms with van der Waals surface area (Å²) < 4.78 is 5.44. The van der Waals surface area contributed by atoms with Crippen molar-refractivity contribution in [2.24, 2.45) is 0 Å². The van der Waals surface area contributed by atoms with Crippen LogP contribution in [0.15, 0.2) is 158 Å². The van der Waals surface area contributed by atoms with Crippen molar-refractivity contribution < 1.29 is 0 Å². The van der Waals surface area contributed by atoms with Gasteiger partial charge < -0.3 is 0 Å². The zero-order valence-corrected chi connectivity index (χ0v) is 28.5. The monoisotopic (exact) mass is 666 g/mol. The lowest BCUT2D eigenvalue weighted by molar-refractivity contribution is 1.70. The summed E-state index contributed by atoms with van der Waals surface area (Å²) in [5, 5.41) is 18.6. The van der Waals surface area contributed by atoms with E-state index in [0.29, 0.717) is 0 Å². The van der Waals surface area contributed by atoms with Crippen LogP contribution in [0.25, 0.3) is 116 Å². The second kappa shape index (κ2) is 9.89. The molecule has 12 rings (SSSR count). The van der Waals surface area contributed by atoms with Crippen LogP contribution in [-0.2, 0) is 0 Å². The molecule has 230 valence electrons. The van der Waals surface area contributed by atoms with Crippen molar-refractivity contribution in [3.63, 3.8) is 0 Å². The summed E-state index contributed by atoms with van der Waals surface area (Å²) in [7, 11) is 0. The summed E-state index contributed by atoms with van der Waals surface area (Å²) in [6.07, 6.45) is 0. The SMILES string of the molecule is c1ccc2c(c1)ccc1c3ccc(-c4cc5ccc6cc(-c7ccc8c(c7)sc7c9ccccc9ccc87)cc7ccc(c4)c5c67)cc3sc21. The number of hydrogen-bond donors (Lipinski definition) is 0. The maximum absolute atomic E-state index is 2.39. The molecule has 0 saturated carbocycles. The van der Waals surface area contributed by atoms with Gasteiger partial charge in [-0.05, 0) is 113 Å². The standard InChI is InChI=1S/C48H26S2/c1-3-7-37-27(5-1)13-19-41-39-17-15-29(25-43(39)49-47(37)41)35-21-31-9-11-33-23-36(24-34-12-10-32(22-35)45(31)46(33)34)30-16-18-40-42-20-14-28-6-2-4-8-38(28)48(42)50-44(40)26-30/h1-26H. The van der Waals surface area contributed by atoms with E-state index in [0.717, 1.165) is 0 Å². The van der Waals surface area contributed by atoms with Crippen molar-refractivity contribution in [3.05, 3.63) is 158 Å². The quantitative estimate of drug-likeness (QED) is 0.161. The number of benzene rings is 10. The average molecular weight is 667 g/mol. The molecule has 0 amide bonds. The lowest BCUT2D eigenvalue weighted by atomic mass is 9.89. The molecular weight excluding hydrogens is 641 g/mol. The van der Waals surface area contributed by atoms with Gasteiger partial charge >= 0.3 is 0 Å². The molecule has 0 spiro atoms. The molecule has 0 radical (unpaired) electrons. The van der Waals surface area contributed by atoms with E-state index >= 15 is 0 Å². The number of rotatable bonds is 2. The van der Waals surface area contributed by atoms with Gasteiger partial charge in [0.05, 0.1) is 0 Å². The molecule has 2 aromatic heterocycles. The summed E-state index contributed by atoms with van der Waals surface area (Å²) in [6, 6.07) is 59.4. The second-order valence-corrected chi connectivity index (χ2v) is 15.8. The predicted molar refractivity (Wildman–Crippen MR) is 222 cm³/mol. The maximum Gasteiger partial charge on any atom is 0.0433 e. The summed E-state index contributed by atoms with van der Waals surface area (Å²) in [4.78, 5) is 0. The normalized spacial score (nSPS) is 12.4. The van der Waals surface area contributed by atoms with E-state index in [9.17, 15) is 0 Å². The van der Waals surface area contributed by atoms with Gasteiger partial charge in [-0.25, -0.2) is 0 Å². The van der Waals surface area contributed by atoms with Gasteiger partial charge in [-0.2, -0.15) is 0 Å². The number of thiophene rings is 2. The van der Waals surface area contributed by atoms with E-state index in [2.05, 4.69) is 158 Å². The van der Waals surface area contributed by atoms with Crippen molar-refractivity contribution >= 4 is 117 Å². The molecule has 0 nitrogen and oxygen atoms in total. The Morgan fingerprint density at radius 2 is 0.640 bits per heavy atom. The molecule has 50 heavy (non-hydrogen) atoms. The van der Waals surface area contributed by atoms with Gasteiger partial charge in [0.25, 0.3) is 0 Å². The minimum atomic E-state index is 1.27. The largest absolute Gasteiger partial charge is 0.135 e. The maximum atomic E-state index is 2.39. The number of fused-ring (bicyclic) bond motifs is 10. The van der Waals surface area contributed by atoms with E-state index < -0.39 is 0 Å². The average Bonchev–Trinajstić information content (AvgIpc) is 3.75. The fourth-order valence-electron chi connectivity index (χ4n) is 8.54. The predicted octanol–water partition coefficient (Wildman–Crippen LogP) is 15.0. The Hall–Kier alpha value is -5.80. The van der Waals surface area contributed by atoms with Crippen LogP contribution < -0.4 is 0 Å². The van der Waals surface area contributed by atoms with Gasteiger partial charge in [-0.3, -0.25) is 0 Å². The van der Waals surface area contributed by atoms with Crippen molar-refractivity contribution in [2.75, 3.05) is 0 Å². The van der Waals surface area contributed by atoms with E-state index in [1.165, 1.54) is 116 Å². The zero-order valence-electron chi connectivity index (χ0n) is 26.8. The Morgan fingerprint density at radius 3 is 1.08 bits per heavy atom. The Bertz CT molecular complexity index is 3080. The molecule has 0 N–H and O–H groups in total. The second-order valence-electron chi connectivity index (χ2n) is 13.7. The Morgan fingerprint density at radius 1 is 0.260 bits per heavy atom. The first-order valence-electron chi connectivity index (χ1n) is 17.1. The van der Waals surface area contributed by atoms with Gasteiger partial charge in [-0.1, -0.05) is 121 Å². The van der Waals surface area contributed by atoms with Crippen LogP contribution in [0.4, 0.5) is 0 Å². The summed E-state index contributed by atoms with van der Waals surface area (Å²) in [5.74, 6) is 0. The molecule has 10 aromatic carbocycles. The number of hydrogen-bond acceptors (Lipinski definition) is 2. The fourth-order valence-corrected chi connectivity index (χ4v) is 11.1. The summed E-state index contributed by atoms with van der Waals surface area (Å²) in [5.41, 5.74) is 5.08. The highest BCUT2D eigenvalue weighted by atomic mass is 32.1. The molecule has 0 fully saturated rings. The molecule has 0 atom stereocenters. The van der Waals surface area contributed by atoms with Gasteiger partial charge in [0.15, 0.2) is 0 Å². The Kier molecular flexibility index (Phi) is 5.35. The van der Waals surface area contributed by atoms with E-state index in [4.69, 9.17) is 0 Å². The molecule has 0 aliphatic heterocycles. The van der Waals surface area contributed by atoms with Crippen LogP contribution in [0.2, 0.25) is 0 Å². The molecular formula is C48H26S2. The molecule has 2 heterocycles. The van der Waals surface area contributed by atoms with Gasteiger partial charge in [0.2, 0.25) is 0 Å². The van der Waals surface area contributed by atoms with E-state index in [1.807, 2.05) is 22.7 Å². The highest BCUT2D eigenvalue weighted by molar-refractivity contribution is 7.27. The molecule has 0 aliphatic rings. The third-order valence-corrected chi connectivity index (χ3v) is 13.3. The Balaban J connectivity index is 0.980. The van der Waals surface area contributed by atoms with Crippen LogP contribution in [0.1, 0.15) is 0 Å². The first-order valence-corrected chi connectivity index (χ1v) is 18.8. The van der Waals surface area contributed by atoms with Crippen molar-refractivity contribution in [2.45, 2.75) is 0 Å². The molecule has 0 aliphatic carbocycles. The van der Waals surface area contributed by atoms with Crippen molar-refractivity contribution in [3.8, 4) is 22.3 Å². The lowest BCUT2D eigenvalue weighted by Crippen LogP contribution is -1.87. The van der Waals surface area contributed by atoms with E-state index in [-0.39, 0.29) is 0 Å². The smallest absolute Gasteiger partial charge is 0.0433 e. The van der Waals surface area contributed by atoms with Gasteiger partial charge in [-0.15, -0.1) is 22.7 Å². The van der Waals surface area contributed by atoms with Crippen molar-refractivity contribution in [1.29, 1.82) is 0 Å². The van der Waals surface area contributed by atoms with Crippen LogP contribution >= 0.6 is 22.7 Å². The molecule has 0 unspecified atom stereocenters. The first kappa shape index (κ1) is 27.1. The molecule has 0 bridgehead atoms. The molecule has 12 aromatic rings. The first-order chi connectivity index (χ1) is 24.7. The molecule has 2 heteroatoms. The zero-order chi connectivity index (χ0) is 32.5.